The van der Waals surface area contributed by atoms with E-state index in [1.165, 1.54) is 11.8 Å². The molecule has 0 saturated carbocycles. The number of hydrogen-bond donors (Lipinski definition) is 2. The SMILES string of the molecule is CCn1c(CC(=O)Nc2cccc(C)c2)nnc1SCC(N)=O. The highest BCUT2D eigenvalue weighted by atomic mass is 32.2. The molecule has 0 aliphatic carbocycles. The lowest BCUT2D eigenvalue weighted by Crippen LogP contribution is -2.18. The van der Waals surface area contributed by atoms with Gasteiger partial charge in [-0.2, -0.15) is 0 Å². The predicted octanol–water partition coefficient (Wildman–Crippen LogP) is 1.37. The van der Waals surface area contributed by atoms with Crippen LogP contribution in [0.2, 0.25) is 0 Å². The Morgan fingerprint density at radius 1 is 1.35 bits per heavy atom. The molecule has 0 spiro atoms. The maximum atomic E-state index is 12.2. The van der Waals surface area contributed by atoms with Crippen LogP contribution in [0.25, 0.3) is 0 Å². The molecule has 2 rings (SSSR count). The first kappa shape index (κ1) is 17.0. The van der Waals surface area contributed by atoms with Gasteiger partial charge in [-0.05, 0) is 31.5 Å². The van der Waals surface area contributed by atoms with Gasteiger partial charge in [0, 0.05) is 12.2 Å². The van der Waals surface area contributed by atoms with Crippen LogP contribution < -0.4 is 11.1 Å². The van der Waals surface area contributed by atoms with E-state index in [9.17, 15) is 9.59 Å². The summed E-state index contributed by atoms with van der Waals surface area (Å²) in [7, 11) is 0. The number of rotatable bonds is 7. The number of carbonyl (C=O) groups is 2. The average molecular weight is 333 g/mol. The summed E-state index contributed by atoms with van der Waals surface area (Å²) in [4.78, 5) is 23.0. The third-order valence-corrected chi connectivity index (χ3v) is 4.06. The van der Waals surface area contributed by atoms with Crippen molar-refractivity contribution in [2.45, 2.75) is 32.0 Å². The van der Waals surface area contributed by atoms with E-state index in [0.717, 1.165) is 11.3 Å². The van der Waals surface area contributed by atoms with Crippen LogP contribution in [0.15, 0.2) is 29.4 Å². The summed E-state index contributed by atoms with van der Waals surface area (Å²) in [5.41, 5.74) is 6.96. The molecule has 23 heavy (non-hydrogen) atoms. The van der Waals surface area contributed by atoms with Crippen molar-refractivity contribution in [3.8, 4) is 0 Å². The summed E-state index contributed by atoms with van der Waals surface area (Å²) in [6, 6.07) is 7.59. The van der Waals surface area contributed by atoms with Crippen LogP contribution in [0.4, 0.5) is 5.69 Å². The van der Waals surface area contributed by atoms with Crippen molar-refractivity contribution in [1.29, 1.82) is 0 Å². The van der Waals surface area contributed by atoms with Gasteiger partial charge in [-0.25, -0.2) is 0 Å². The molecule has 1 aromatic carbocycles. The van der Waals surface area contributed by atoms with Gasteiger partial charge in [-0.15, -0.1) is 10.2 Å². The highest BCUT2D eigenvalue weighted by Gasteiger charge is 2.15. The zero-order valence-corrected chi connectivity index (χ0v) is 13.9. The number of nitrogens with zero attached hydrogens (tertiary/aromatic N) is 3. The number of amides is 2. The van der Waals surface area contributed by atoms with E-state index < -0.39 is 5.91 Å². The summed E-state index contributed by atoms with van der Waals surface area (Å²) in [5, 5.41) is 11.5. The van der Waals surface area contributed by atoms with E-state index in [1.807, 2.05) is 42.7 Å². The van der Waals surface area contributed by atoms with E-state index in [4.69, 9.17) is 5.73 Å². The predicted molar refractivity (Wildman–Crippen MR) is 89.1 cm³/mol. The van der Waals surface area contributed by atoms with Crippen molar-refractivity contribution in [3.05, 3.63) is 35.7 Å². The number of hydrogen-bond acceptors (Lipinski definition) is 5. The Morgan fingerprint density at radius 3 is 2.78 bits per heavy atom. The van der Waals surface area contributed by atoms with Gasteiger partial charge in [0.05, 0.1) is 12.2 Å². The second kappa shape index (κ2) is 7.77. The van der Waals surface area contributed by atoms with Crippen LogP contribution in [0.1, 0.15) is 18.3 Å². The molecule has 0 fully saturated rings. The molecule has 2 aromatic rings. The smallest absolute Gasteiger partial charge is 0.232 e. The molecule has 0 atom stereocenters. The van der Waals surface area contributed by atoms with Gasteiger partial charge in [0.2, 0.25) is 11.8 Å². The molecule has 7 nitrogen and oxygen atoms in total. The minimum absolute atomic E-state index is 0.117. The Labute approximate surface area is 138 Å². The Hall–Kier alpha value is -2.35. The maximum absolute atomic E-state index is 12.2. The zero-order chi connectivity index (χ0) is 16.8. The Balaban J connectivity index is 2.04. The van der Waals surface area contributed by atoms with Gasteiger partial charge in [0.25, 0.3) is 0 Å². The zero-order valence-electron chi connectivity index (χ0n) is 13.1. The molecule has 0 aliphatic rings. The van der Waals surface area contributed by atoms with Crippen molar-refractivity contribution in [2.24, 2.45) is 5.73 Å². The van der Waals surface area contributed by atoms with Crippen molar-refractivity contribution < 1.29 is 9.59 Å². The fourth-order valence-corrected chi connectivity index (χ4v) is 2.84. The quantitative estimate of drug-likeness (QED) is 0.745. The van der Waals surface area contributed by atoms with E-state index in [2.05, 4.69) is 15.5 Å². The number of primary amides is 1. The largest absolute Gasteiger partial charge is 0.369 e. The lowest BCUT2D eigenvalue weighted by Gasteiger charge is -2.08. The van der Waals surface area contributed by atoms with Crippen molar-refractivity contribution in [1.82, 2.24) is 14.8 Å². The van der Waals surface area contributed by atoms with Crippen LogP contribution in [0, 0.1) is 6.92 Å². The van der Waals surface area contributed by atoms with Crippen LogP contribution in [-0.4, -0.2) is 32.3 Å². The molecular formula is C15H19N5O2S. The Bertz CT molecular complexity index is 714. The first-order chi connectivity index (χ1) is 11.0. The fraction of sp³-hybridized carbons (Fsp3) is 0.333. The molecule has 1 heterocycles. The number of nitrogens with one attached hydrogen (secondary N) is 1. The molecular weight excluding hydrogens is 314 g/mol. The molecule has 3 N–H and O–H groups in total. The summed E-state index contributed by atoms with van der Waals surface area (Å²) in [5.74, 6) is 0.112. The molecule has 122 valence electrons. The number of anilines is 1. The molecule has 0 bridgehead atoms. The number of nitrogens with two attached hydrogens (primary N) is 1. The van der Waals surface area contributed by atoms with Gasteiger partial charge < -0.3 is 15.6 Å². The maximum Gasteiger partial charge on any atom is 0.232 e. The Kier molecular flexibility index (Phi) is 5.75. The third kappa shape index (κ3) is 4.82. The summed E-state index contributed by atoms with van der Waals surface area (Å²) in [6.45, 7) is 4.51. The summed E-state index contributed by atoms with van der Waals surface area (Å²) < 4.78 is 1.81. The molecule has 0 aliphatic heterocycles. The number of aromatic nitrogens is 3. The van der Waals surface area contributed by atoms with Gasteiger partial charge in [0.1, 0.15) is 5.82 Å². The highest BCUT2D eigenvalue weighted by molar-refractivity contribution is 7.99. The van der Waals surface area contributed by atoms with Crippen molar-refractivity contribution in [2.75, 3.05) is 11.1 Å². The molecule has 0 saturated heterocycles. The lowest BCUT2D eigenvalue weighted by atomic mass is 10.2. The van der Waals surface area contributed by atoms with Gasteiger partial charge >= 0.3 is 0 Å². The number of benzene rings is 1. The van der Waals surface area contributed by atoms with E-state index in [0.29, 0.717) is 17.5 Å². The molecule has 1 aromatic heterocycles. The van der Waals surface area contributed by atoms with Gasteiger partial charge in [-0.3, -0.25) is 9.59 Å². The molecule has 0 radical (unpaired) electrons. The average Bonchev–Trinajstić information content (AvgIpc) is 2.86. The Morgan fingerprint density at radius 2 is 2.13 bits per heavy atom. The van der Waals surface area contributed by atoms with E-state index in [-0.39, 0.29) is 18.1 Å². The second-order valence-corrected chi connectivity index (χ2v) is 5.93. The highest BCUT2D eigenvalue weighted by Crippen LogP contribution is 2.17. The van der Waals surface area contributed by atoms with E-state index in [1.54, 1.807) is 0 Å². The monoisotopic (exact) mass is 333 g/mol. The molecule has 0 unspecified atom stereocenters. The van der Waals surface area contributed by atoms with Gasteiger partial charge in [-0.1, -0.05) is 23.9 Å². The summed E-state index contributed by atoms with van der Waals surface area (Å²) in [6.07, 6.45) is 0.117. The number of carbonyl (C=O) groups excluding carboxylic acids is 2. The fourth-order valence-electron chi connectivity index (χ4n) is 2.08. The summed E-state index contributed by atoms with van der Waals surface area (Å²) >= 11 is 1.22. The van der Waals surface area contributed by atoms with E-state index >= 15 is 0 Å². The lowest BCUT2D eigenvalue weighted by molar-refractivity contribution is -0.116. The standard InChI is InChI=1S/C15H19N5O2S/c1-3-20-13(18-19-15(20)23-9-12(16)21)8-14(22)17-11-6-4-5-10(2)7-11/h4-7H,3,8-9H2,1-2H3,(H2,16,21)(H,17,22). The minimum atomic E-state index is -0.417. The van der Waals surface area contributed by atoms with Gasteiger partial charge in [0.15, 0.2) is 5.16 Å². The third-order valence-electron chi connectivity index (χ3n) is 3.07. The topological polar surface area (TPSA) is 103 Å². The minimum Gasteiger partial charge on any atom is -0.369 e. The molecule has 8 heteroatoms. The van der Waals surface area contributed by atoms with Crippen molar-refractivity contribution >= 4 is 29.3 Å². The first-order valence-electron chi connectivity index (χ1n) is 7.19. The van der Waals surface area contributed by atoms with Crippen LogP contribution in [0.3, 0.4) is 0 Å². The molecule has 2 amide bonds. The second-order valence-electron chi connectivity index (χ2n) is 4.99. The number of thioether (sulfide) groups is 1. The normalized spacial score (nSPS) is 10.5. The number of aryl methyl sites for hydroxylation is 1. The first-order valence-corrected chi connectivity index (χ1v) is 8.18. The van der Waals surface area contributed by atoms with Crippen molar-refractivity contribution in [3.63, 3.8) is 0 Å². The van der Waals surface area contributed by atoms with Crippen LogP contribution >= 0.6 is 11.8 Å². The van der Waals surface area contributed by atoms with Crippen LogP contribution in [-0.2, 0) is 22.6 Å². The van der Waals surface area contributed by atoms with Crippen LogP contribution in [0.5, 0.6) is 0 Å².